The van der Waals surface area contributed by atoms with Crippen LogP contribution in [0.1, 0.15) is 20.9 Å². The number of anilines is 1. The number of rotatable bonds is 8. The van der Waals surface area contributed by atoms with E-state index in [0.29, 0.717) is 28.3 Å². The molecule has 34 heavy (non-hydrogen) atoms. The molecule has 2 heterocycles. The maximum Gasteiger partial charge on any atom is 0.289 e. The Morgan fingerprint density at radius 2 is 1.91 bits per heavy atom. The Labute approximate surface area is 198 Å². The average molecular weight is 484 g/mol. The Hall–Kier alpha value is -3.87. The van der Waals surface area contributed by atoms with Gasteiger partial charge in [0.15, 0.2) is 11.6 Å². The minimum atomic E-state index is -0.437. The first kappa shape index (κ1) is 23.3. The summed E-state index contributed by atoms with van der Waals surface area (Å²) in [5.74, 6) is 0.525. The summed E-state index contributed by atoms with van der Waals surface area (Å²) in [6.45, 7) is 0. The lowest BCUT2D eigenvalue weighted by molar-refractivity contribution is -0.160. The number of nitrogens with zero attached hydrogens (tertiary/aromatic N) is 4. The van der Waals surface area contributed by atoms with E-state index in [-0.39, 0.29) is 17.2 Å². The third-order valence-electron chi connectivity index (χ3n) is 4.57. The molecular formula is C22H21N5O6S. The van der Waals surface area contributed by atoms with Crippen LogP contribution >= 0.6 is 12.0 Å². The van der Waals surface area contributed by atoms with E-state index in [1.807, 2.05) is 0 Å². The monoisotopic (exact) mass is 483 g/mol. The summed E-state index contributed by atoms with van der Waals surface area (Å²) in [5.41, 5.74) is 0.583. The number of ether oxygens (including phenoxy) is 1. The molecule has 1 N–H and O–H groups in total. The highest BCUT2D eigenvalue weighted by Gasteiger charge is 2.20. The molecule has 0 bridgehead atoms. The maximum absolute atomic E-state index is 12.9. The lowest BCUT2D eigenvalue weighted by Crippen LogP contribution is -2.20. The maximum atomic E-state index is 12.9. The largest absolute Gasteiger partial charge is 0.457 e. The molecular weight excluding hydrogens is 462 g/mol. The van der Waals surface area contributed by atoms with Crippen molar-refractivity contribution in [2.45, 2.75) is 4.90 Å². The molecule has 0 atom stereocenters. The van der Waals surface area contributed by atoms with Gasteiger partial charge in [0.25, 0.3) is 11.8 Å². The van der Waals surface area contributed by atoms with E-state index in [4.69, 9.17) is 13.5 Å². The minimum absolute atomic E-state index is 0.125. The van der Waals surface area contributed by atoms with Crippen molar-refractivity contribution < 1.29 is 28.0 Å². The number of aryl methyl sites for hydroxylation is 1. The number of aromatic nitrogens is 3. The van der Waals surface area contributed by atoms with Gasteiger partial charge in [-0.1, -0.05) is 0 Å². The Morgan fingerprint density at radius 3 is 2.56 bits per heavy atom. The summed E-state index contributed by atoms with van der Waals surface area (Å²) in [6, 6.07) is 11.8. The average Bonchev–Trinajstić information content (AvgIpc) is 3.43. The van der Waals surface area contributed by atoms with Gasteiger partial charge in [0.2, 0.25) is 0 Å². The van der Waals surface area contributed by atoms with Crippen LogP contribution < -0.4 is 10.1 Å². The van der Waals surface area contributed by atoms with Crippen LogP contribution in [-0.2, 0) is 16.3 Å². The Balaban J connectivity index is 1.69. The zero-order chi connectivity index (χ0) is 24.2. The van der Waals surface area contributed by atoms with Gasteiger partial charge in [-0.25, -0.2) is 4.89 Å². The normalized spacial score (nSPS) is 10.9. The summed E-state index contributed by atoms with van der Waals surface area (Å²) in [4.78, 5) is 33.4. The van der Waals surface area contributed by atoms with Crippen molar-refractivity contribution in [2.75, 3.05) is 26.5 Å². The molecule has 0 fully saturated rings. The minimum Gasteiger partial charge on any atom is -0.457 e. The van der Waals surface area contributed by atoms with E-state index in [0.717, 1.165) is 16.9 Å². The molecule has 0 spiro atoms. The van der Waals surface area contributed by atoms with Crippen LogP contribution in [0.3, 0.4) is 0 Å². The van der Waals surface area contributed by atoms with Crippen LogP contribution in [0.25, 0.3) is 11.0 Å². The van der Waals surface area contributed by atoms with Gasteiger partial charge in [0.05, 0.1) is 30.7 Å². The molecule has 0 saturated carbocycles. The Kier molecular flexibility index (Phi) is 6.82. The first-order valence-electron chi connectivity index (χ1n) is 9.96. The van der Waals surface area contributed by atoms with E-state index in [1.165, 1.54) is 23.0 Å². The molecule has 12 heteroatoms. The fourth-order valence-electron chi connectivity index (χ4n) is 3.00. The number of hydrogen-bond acceptors (Lipinski definition) is 9. The number of hydrogen-bond donors (Lipinski definition) is 1. The zero-order valence-electron chi connectivity index (χ0n) is 18.8. The Morgan fingerprint density at radius 1 is 1.15 bits per heavy atom. The predicted octanol–water partition coefficient (Wildman–Crippen LogP) is 3.89. The zero-order valence-corrected chi connectivity index (χ0v) is 19.6. The van der Waals surface area contributed by atoms with Crippen LogP contribution in [-0.4, -0.2) is 52.9 Å². The van der Waals surface area contributed by atoms with E-state index >= 15 is 0 Å². The van der Waals surface area contributed by atoms with Crippen LogP contribution in [0, 0.1) is 0 Å². The highest BCUT2D eigenvalue weighted by atomic mass is 32.2. The second kappa shape index (κ2) is 9.95. The topological polar surface area (TPSA) is 121 Å². The highest BCUT2D eigenvalue weighted by Crippen LogP contribution is 2.35. The predicted molar refractivity (Wildman–Crippen MR) is 124 cm³/mol. The molecule has 0 aliphatic carbocycles. The standard InChI is InChI=1S/C22H21N5O6S/c1-26(2)22(29)19-11-16-17(31-14-5-7-15(8-6-14)34-33-30-4)9-13(10-18(16)32-19)21(28)24-20-12-23-27(3)25-20/h5-12H,1-4H3,(H,24,25,28). The molecule has 0 saturated heterocycles. The van der Waals surface area contributed by atoms with Crippen LogP contribution in [0.2, 0.25) is 0 Å². The summed E-state index contributed by atoms with van der Waals surface area (Å²) in [7, 11) is 6.31. The summed E-state index contributed by atoms with van der Waals surface area (Å²) >= 11 is 1.06. The molecule has 2 amide bonds. The highest BCUT2D eigenvalue weighted by molar-refractivity contribution is 7.94. The molecule has 0 radical (unpaired) electrons. The van der Waals surface area contributed by atoms with Crippen molar-refractivity contribution >= 4 is 40.6 Å². The molecule has 0 aliphatic heterocycles. The van der Waals surface area contributed by atoms with Gasteiger partial charge < -0.3 is 19.4 Å². The van der Waals surface area contributed by atoms with E-state index in [2.05, 4.69) is 20.4 Å². The molecule has 4 aromatic rings. The van der Waals surface area contributed by atoms with Crippen LogP contribution in [0.5, 0.6) is 11.5 Å². The second-order valence-corrected chi connectivity index (χ2v) is 8.04. The van der Waals surface area contributed by atoms with Gasteiger partial charge in [-0.15, -0.1) is 5.10 Å². The number of carbonyl (C=O) groups is 2. The van der Waals surface area contributed by atoms with Gasteiger partial charge in [-0.3, -0.25) is 9.59 Å². The number of furan rings is 1. The van der Waals surface area contributed by atoms with Crippen molar-refractivity contribution in [3.05, 3.63) is 60.0 Å². The first-order valence-corrected chi connectivity index (χ1v) is 10.7. The summed E-state index contributed by atoms with van der Waals surface area (Å²) in [5, 5.41) is 11.2. The molecule has 11 nitrogen and oxygen atoms in total. The van der Waals surface area contributed by atoms with Crippen molar-refractivity contribution in [3.63, 3.8) is 0 Å². The first-order chi connectivity index (χ1) is 16.3. The van der Waals surface area contributed by atoms with Crippen molar-refractivity contribution in [1.29, 1.82) is 0 Å². The van der Waals surface area contributed by atoms with Gasteiger partial charge in [-0.2, -0.15) is 14.2 Å². The lowest BCUT2D eigenvalue weighted by atomic mass is 10.1. The van der Waals surface area contributed by atoms with E-state index in [1.54, 1.807) is 63.6 Å². The molecule has 176 valence electrons. The lowest BCUT2D eigenvalue weighted by Gasteiger charge is -2.09. The number of nitrogens with one attached hydrogen (secondary N) is 1. The quantitative estimate of drug-likeness (QED) is 0.226. The van der Waals surface area contributed by atoms with Gasteiger partial charge in [0, 0.05) is 37.7 Å². The third-order valence-corrected chi connectivity index (χ3v) is 5.24. The van der Waals surface area contributed by atoms with Crippen LogP contribution in [0.15, 0.2) is 58.0 Å². The molecule has 2 aromatic carbocycles. The smallest absolute Gasteiger partial charge is 0.289 e. The molecule has 0 aliphatic rings. The van der Waals surface area contributed by atoms with Gasteiger partial charge >= 0.3 is 0 Å². The molecule has 2 aromatic heterocycles. The number of amides is 2. The van der Waals surface area contributed by atoms with E-state index < -0.39 is 5.91 Å². The van der Waals surface area contributed by atoms with Crippen molar-refractivity contribution in [2.24, 2.45) is 7.05 Å². The van der Waals surface area contributed by atoms with Crippen LogP contribution in [0.4, 0.5) is 5.82 Å². The van der Waals surface area contributed by atoms with Gasteiger partial charge in [-0.05, 0) is 36.4 Å². The fourth-order valence-corrected chi connectivity index (χ4v) is 3.40. The summed E-state index contributed by atoms with van der Waals surface area (Å²) in [6.07, 6.45) is 1.43. The van der Waals surface area contributed by atoms with Crippen molar-refractivity contribution in [1.82, 2.24) is 19.9 Å². The third kappa shape index (κ3) is 5.20. The number of benzene rings is 2. The number of carbonyl (C=O) groups excluding carboxylic acids is 2. The Bertz CT molecular complexity index is 1330. The number of fused-ring (bicyclic) bond motifs is 1. The van der Waals surface area contributed by atoms with Gasteiger partial charge in [0.1, 0.15) is 17.1 Å². The SMILES string of the molecule is COOSc1ccc(Oc2cc(C(=O)Nc3cnn(C)n3)cc3oc(C(=O)N(C)C)cc23)cc1. The molecule has 0 unspecified atom stereocenters. The van der Waals surface area contributed by atoms with E-state index in [9.17, 15) is 9.59 Å². The van der Waals surface area contributed by atoms with Crippen molar-refractivity contribution in [3.8, 4) is 11.5 Å². The molecule has 4 rings (SSSR count). The second-order valence-electron chi connectivity index (χ2n) is 7.26. The summed E-state index contributed by atoms with van der Waals surface area (Å²) < 4.78 is 16.7. The fraction of sp³-hybridized carbons (Fsp3) is 0.182.